The molecule has 1 aromatic carbocycles. The summed E-state index contributed by atoms with van der Waals surface area (Å²) in [5, 5.41) is 2.54. The molecule has 86 valence electrons. The monoisotopic (exact) mass is 284 g/mol. The van der Waals surface area contributed by atoms with Crippen molar-refractivity contribution in [3.63, 3.8) is 0 Å². The van der Waals surface area contributed by atoms with E-state index in [2.05, 4.69) is 21.2 Å². The lowest BCUT2D eigenvalue weighted by molar-refractivity contribution is -0.121. The van der Waals surface area contributed by atoms with Gasteiger partial charge in [-0.3, -0.25) is 9.59 Å². The largest absolute Gasteiger partial charge is 0.366 e. The Hall–Kier alpha value is -1.36. The van der Waals surface area contributed by atoms with E-state index in [4.69, 9.17) is 5.73 Å². The van der Waals surface area contributed by atoms with E-state index in [1.807, 2.05) is 0 Å². The van der Waals surface area contributed by atoms with Crippen molar-refractivity contribution in [1.29, 1.82) is 0 Å². The summed E-state index contributed by atoms with van der Waals surface area (Å²) in [5.74, 6) is -1.09. The van der Waals surface area contributed by atoms with Gasteiger partial charge in [0.15, 0.2) is 0 Å². The number of likely N-dealkylation sites (N-methyl/N-ethyl adjacent to an activating group) is 1. The number of primary amides is 1. The third kappa shape index (κ3) is 2.61. The van der Waals surface area contributed by atoms with Crippen molar-refractivity contribution in [2.45, 2.75) is 12.8 Å². The van der Waals surface area contributed by atoms with E-state index < -0.39 is 11.8 Å². The van der Waals surface area contributed by atoms with Gasteiger partial charge in [-0.15, -0.1) is 0 Å². The van der Waals surface area contributed by atoms with Crippen LogP contribution in [0, 0.1) is 0 Å². The molecule has 16 heavy (non-hydrogen) atoms. The molecule has 0 radical (unpaired) electrons. The Kier molecular flexibility index (Phi) is 4.06. The fourth-order valence-corrected chi connectivity index (χ4v) is 1.84. The van der Waals surface area contributed by atoms with E-state index in [1.165, 1.54) is 0 Å². The number of halogens is 1. The van der Waals surface area contributed by atoms with Gasteiger partial charge in [0.05, 0.1) is 5.92 Å². The molecule has 1 aromatic rings. The van der Waals surface area contributed by atoms with E-state index in [9.17, 15) is 9.59 Å². The second-order valence-corrected chi connectivity index (χ2v) is 4.35. The number of nitrogens with one attached hydrogen (secondary N) is 1. The highest BCUT2D eigenvalue weighted by atomic mass is 79.9. The van der Waals surface area contributed by atoms with Gasteiger partial charge in [0.2, 0.25) is 11.8 Å². The summed E-state index contributed by atoms with van der Waals surface area (Å²) in [7, 11) is 1.56. The van der Waals surface area contributed by atoms with Crippen LogP contribution in [0.25, 0.3) is 0 Å². The van der Waals surface area contributed by atoms with Crippen molar-refractivity contribution in [3.05, 3.63) is 33.8 Å². The van der Waals surface area contributed by atoms with Crippen LogP contribution in [0.1, 0.15) is 28.8 Å². The maximum atomic E-state index is 11.5. The van der Waals surface area contributed by atoms with Crippen LogP contribution < -0.4 is 11.1 Å². The Labute approximate surface area is 102 Å². The number of nitrogens with two attached hydrogens (primary N) is 1. The lowest BCUT2D eigenvalue weighted by atomic mass is 9.95. The first kappa shape index (κ1) is 12.7. The standard InChI is InChI=1S/C11H13BrN2O2/c1-6(11(16)14-2)8-4-3-7(12)5-9(8)10(13)15/h3-6H,1-2H3,(H2,13,15)(H,14,16)/t6-/m0/s1. The average molecular weight is 285 g/mol. The first-order valence-electron chi connectivity index (χ1n) is 4.78. The molecule has 3 N–H and O–H groups in total. The Morgan fingerprint density at radius 1 is 1.44 bits per heavy atom. The van der Waals surface area contributed by atoms with Gasteiger partial charge in [0.1, 0.15) is 0 Å². The predicted octanol–water partition coefficient (Wildman–Crippen LogP) is 1.40. The first-order chi connectivity index (χ1) is 7.47. The van der Waals surface area contributed by atoms with E-state index >= 15 is 0 Å². The number of carbonyl (C=O) groups is 2. The van der Waals surface area contributed by atoms with Crippen molar-refractivity contribution < 1.29 is 9.59 Å². The van der Waals surface area contributed by atoms with Gasteiger partial charge in [-0.1, -0.05) is 22.0 Å². The van der Waals surface area contributed by atoms with Gasteiger partial charge in [0, 0.05) is 17.1 Å². The van der Waals surface area contributed by atoms with Gasteiger partial charge < -0.3 is 11.1 Å². The van der Waals surface area contributed by atoms with Crippen LogP contribution in [-0.2, 0) is 4.79 Å². The molecule has 0 spiro atoms. The van der Waals surface area contributed by atoms with Crippen LogP contribution >= 0.6 is 15.9 Å². The molecule has 0 heterocycles. The minimum Gasteiger partial charge on any atom is -0.366 e. The normalized spacial score (nSPS) is 11.9. The third-order valence-corrected chi connectivity index (χ3v) is 2.88. The Balaban J connectivity index is 3.22. The van der Waals surface area contributed by atoms with Crippen LogP contribution in [0.15, 0.2) is 22.7 Å². The highest BCUT2D eigenvalue weighted by Gasteiger charge is 2.19. The van der Waals surface area contributed by atoms with Crippen LogP contribution in [0.3, 0.4) is 0 Å². The molecule has 4 nitrogen and oxygen atoms in total. The number of carbonyl (C=O) groups excluding carboxylic acids is 2. The van der Waals surface area contributed by atoms with E-state index in [1.54, 1.807) is 32.2 Å². The fourth-order valence-electron chi connectivity index (χ4n) is 1.48. The summed E-state index contributed by atoms with van der Waals surface area (Å²) in [5.41, 5.74) is 6.27. The number of benzene rings is 1. The van der Waals surface area contributed by atoms with Crippen LogP contribution in [0.5, 0.6) is 0 Å². The molecule has 0 aliphatic heterocycles. The minimum absolute atomic E-state index is 0.148. The molecule has 1 rings (SSSR count). The van der Waals surface area contributed by atoms with E-state index in [-0.39, 0.29) is 5.91 Å². The SMILES string of the molecule is CNC(=O)[C@@H](C)c1ccc(Br)cc1C(N)=O. The van der Waals surface area contributed by atoms with Gasteiger partial charge in [0.25, 0.3) is 0 Å². The van der Waals surface area contributed by atoms with Crippen molar-refractivity contribution in [2.75, 3.05) is 7.05 Å². The topological polar surface area (TPSA) is 72.2 Å². The summed E-state index contributed by atoms with van der Waals surface area (Å²) in [6, 6.07) is 5.13. The van der Waals surface area contributed by atoms with Crippen molar-refractivity contribution >= 4 is 27.7 Å². The number of amides is 2. The van der Waals surface area contributed by atoms with Crippen LogP contribution in [-0.4, -0.2) is 18.9 Å². The van der Waals surface area contributed by atoms with E-state index in [0.29, 0.717) is 11.1 Å². The molecule has 0 aliphatic carbocycles. The molecular formula is C11H13BrN2O2. The minimum atomic E-state index is -0.535. The molecule has 5 heteroatoms. The summed E-state index contributed by atoms with van der Waals surface area (Å²) in [6.07, 6.45) is 0. The Bertz CT molecular complexity index is 432. The lowest BCUT2D eigenvalue weighted by Gasteiger charge is -2.13. The summed E-state index contributed by atoms with van der Waals surface area (Å²) in [4.78, 5) is 22.8. The highest BCUT2D eigenvalue weighted by molar-refractivity contribution is 9.10. The van der Waals surface area contributed by atoms with Crippen molar-refractivity contribution in [3.8, 4) is 0 Å². The molecule has 0 bridgehead atoms. The average Bonchev–Trinajstić information content (AvgIpc) is 2.26. The second kappa shape index (κ2) is 5.12. The molecule has 0 aliphatic rings. The fraction of sp³-hybridized carbons (Fsp3) is 0.273. The first-order valence-corrected chi connectivity index (χ1v) is 5.57. The maximum Gasteiger partial charge on any atom is 0.249 e. The Morgan fingerprint density at radius 2 is 2.06 bits per heavy atom. The molecule has 0 unspecified atom stereocenters. The predicted molar refractivity (Wildman–Crippen MR) is 65.1 cm³/mol. The summed E-state index contributed by atoms with van der Waals surface area (Å²) < 4.78 is 0.758. The maximum absolute atomic E-state index is 11.5. The zero-order chi connectivity index (χ0) is 12.3. The molecule has 2 amide bonds. The van der Waals surface area contributed by atoms with Gasteiger partial charge in [-0.2, -0.15) is 0 Å². The number of rotatable bonds is 3. The quantitative estimate of drug-likeness (QED) is 0.881. The van der Waals surface area contributed by atoms with Gasteiger partial charge in [-0.05, 0) is 24.6 Å². The highest BCUT2D eigenvalue weighted by Crippen LogP contribution is 2.23. The molecule has 0 saturated heterocycles. The molecule has 0 saturated carbocycles. The lowest BCUT2D eigenvalue weighted by Crippen LogP contribution is -2.26. The molecule has 1 atom stereocenters. The second-order valence-electron chi connectivity index (χ2n) is 3.43. The third-order valence-electron chi connectivity index (χ3n) is 2.39. The number of hydrogen-bond donors (Lipinski definition) is 2. The molecule has 0 fully saturated rings. The van der Waals surface area contributed by atoms with Crippen molar-refractivity contribution in [2.24, 2.45) is 5.73 Å². The Morgan fingerprint density at radius 3 is 2.56 bits per heavy atom. The summed E-state index contributed by atoms with van der Waals surface area (Å²) in [6.45, 7) is 1.73. The smallest absolute Gasteiger partial charge is 0.249 e. The molecular weight excluding hydrogens is 272 g/mol. The van der Waals surface area contributed by atoms with Gasteiger partial charge in [-0.25, -0.2) is 0 Å². The number of hydrogen-bond acceptors (Lipinski definition) is 2. The van der Waals surface area contributed by atoms with Crippen molar-refractivity contribution in [1.82, 2.24) is 5.32 Å². The summed E-state index contributed by atoms with van der Waals surface area (Å²) >= 11 is 3.26. The van der Waals surface area contributed by atoms with Crippen LogP contribution in [0.4, 0.5) is 0 Å². The van der Waals surface area contributed by atoms with Crippen LogP contribution in [0.2, 0.25) is 0 Å². The zero-order valence-corrected chi connectivity index (χ0v) is 10.7. The zero-order valence-electron chi connectivity index (χ0n) is 9.08. The molecule has 0 aromatic heterocycles. The van der Waals surface area contributed by atoms with Gasteiger partial charge >= 0.3 is 0 Å². The van der Waals surface area contributed by atoms with E-state index in [0.717, 1.165) is 4.47 Å².